The Morgan fingerprint density at radius 1 is 1.16 bits per heavy atom. The second-order valence-corrected chi connectivity index (χ2v) is 7.03. The van der Waals surface area contributed by atoms with Gasteiger partial charge < -0.3 is 15.2 Å². The van der Waals surface area contributed by atoms with Gasteiger partial charge >= 0.3 is 0 Å². The summed E-state index contributed by atoms with van der Waals surface area (Å²) in [6, 6.07) is 12.1. The van der Waals surface area contributed by atoms with E-state index in [-0.39, 0.29) is 17.3 Å². The molecule has 0 aliphatic carbocycles. The number of anilines is 1. The van der Waals surface area contributed by atoms with Gasteiger partial charge in [-0.15, -0.1) is 0 Å². The van der Waals surface area contributed by atoms with Crippen molar-refractivity contribution in [2.24, 2.45) is 5.73 Å². The van der Waals surface area contributed by atoms with Gasteiger partial charge in [-0.2, -0.15) is 0 Å². The highest BCUT2D eigenvalue weighted by molar-refractivity contribution is 7.80. The zero-order valence-electron chi connectivity index (χ0n) is 17.0. The van der Waals surface area contributed by atoms with Crippen LogP contribution in [0.3, 0.4) is 0 Å². The number of aryl methyl sites for hydroxylation is 1. The molecule has 0 bridgehead atoms. The van der Waals surface area contributed by atoms with Crippen LogP contribution < -0.4 is 25.4 Å². The van der Waals surface area contributed by atoms with E-state index in [1.54, 1.807) is 30.3 Å². The van der Waals surface area contributed by atoms with E-state index < -0.39 is 17.7 Å². The van der Waals surface area contributed by atoms with E-state index in [9.17, 15) is 14.4 Å². The molecule has 3 rings (SSSR count). The van der Waals surface area contributed by atoms with E-state index in [1.165, 1.54) is 18.1 Å². The number of nitrogens with one attached hydrogen (secondary N) is 1. The fraction of sp³-hybridized carbons (Fsp3) is 0.182. The standard InChI is InChI=1S/C22H21N3O5S/c1-3-13-4-7-15(8-5-13)25-21(28)16(20(27)24-22(25)31)10-14-6-9-17(18(11-14)29-2)30-12-19(23)26/h4-11H,3,12H2,1-2H3,(H2,23,26)(H,24,27,31)/b16-10+. The maximum absolute atomic E-state index is 13.1. The predicted octanol–water partition coefficient (Wildman–Crippen LogP) is 1.95. The molecule has 2 aromatic carbocycles. The van der Waals surface area contributed by atoms with Crippen molar-refractivity contribution in [3.8, 4) is 11.5 Å². The van der Waals surface area contributed by atoms with Crippen LogP contribution in [0.4, 0.5) is 5.69 Å². The minimum atomic E-state index is -0.624. The van der Waals surface area contributed by atoms with Crippen LogP contribution in [-0.4, -0.2) is 36.6 Å². The van der Waals surface area contributed by atoms with Gasteiger partial charge in [0.1, 0.15) is 5.57 Å². The minimum absolute atomic E-state index is 0.0178. The van der Waals surface area contributed by atoms with E-state index >= 15 is 0 Å². The summed E-state index contributed by atoms with van der Waals surface area (Å²) < 4.78 is 10.6. The molecular formula is C22H21N3O5S. The summed E-state index contributed by atoms with van der Waals surface area (Å²) in [7, 11) is 1.43. The summed E-state index contributed by atoms with van der Waals surface area (Å²) in [6.45, 7) is 1.73. The quantitative estimate of drug-likeness (QED) is 0.388. The SMILES string of the molecule is CCc1ccc(N2C(=O)/C(=C/c3ccc(OCC(N)=O)c(OC)c3)C(=O)NC2=S)cc1. The molecule has 0 saturated carbocycles. The molecule has 1 fully saturated rings. The molecule has 3 amide bonds. The number of thiocarbonyl (C=S) groups is 1. The van der Waals surface area contributed by atoms with Crippen molar-refractivity contribution in [1.29, 1.82) is 0 Å². The zero-order chi connectivity index (χ0) is 22.5. The van der Waals surface area contributed by atoms with E-state index in [0.717, 1.165) is 12.0 Å². The maximum atomic E-state index is 13.1. The topological polar surface area (TPSA) is 111 Å². The van der Waals surface area contributed by atoms with Gasteiger partial charge in [0.05, 0.1) is 12.8 Å². The van der Waals surface area contributed by atoms with Crippen molar-refractivity contribution < 1.29 is 23.9 Å². The highest BCUT2D eigenvalue weighted by atomic mass is 32.1. The summed E-state index contributed by atoms with van der Waals surface area (Å²) >= 11 is 5.22. The lowest BCUT2D eigenvalue weighted by Gasteiger charge is -2.29. The third kappa shape index (κ3) is 4.89. The van der Waals surface area contributed by atoms with E-state index in [0.29, 0.717) is 22.7 Å². The Hall–Kier alpha value is -3.72. The number of rotatable bonds is 7. The number of hydrogen-bond acceptors (Lipinski definition) is 6. The Labute approximate surface area is 184 Å². The van der Waals surface area contributed by atoms with Crippen LogP contribution in [0.5, 0.6) is 11.5 Å². The van der Waals surface area contributed by atoms with Crippen LogP contribution in [0.1, 0.15) is 18.1 Å². The number of benzene rings is 2. The number of carbonyl (C=O) groups is 3. The Morgan fingerprint density at radius 3 is 2.48 bits per heavy atom. The first kappa shape index (κ1) is 22.0. The molecule has 1 heterocycles. The highest BCUT2D eigenvalue weighted by Gasteiger charge is 2.34. The number of ether oxygens (including phenoxy) is 2. The minimum Gasteiger partial charge on any atom is -0.493 e. The Morgan fingerprint density at radius 2 is 1.87 bits per heavy atom. The van der Waals surface area contributed by atoms with Crippen LogP contribution in [0.15, 0.2) is 48.0 Å². The number of nitrogens with two attached hydrogens (primary N) is 1. The fourth-order valence-corrected chi connectivity index (χ4v) is 3.26. The van der Waals surface area contributed by atoms with Crippen LogP contribution >= 0.6 is 12.2 Å². The van der Waals surface area contributed by atoms with Crippen LogP contribution in [0.2, 0.25) is 0 Å². The first-order chi connectivity index (χ1) is 14.8. The van der Waals surface area contributed by atoms with Crippen LogP contribution in [0, 0.1) is 0 Å². The van der Waals surface area contributed by atoms with Gasteiger partial charge in [0.2, 0.25) is 0 Å². The first-order valence-electron chi connectivity index (χ1n) is 9.43. The van der Waals surface area contributed by atoms with Gasteiger partial charge in [-0.3, -0.25) is 24.6 Å². The Kier molecular flexibility index (Phi) is 6.66. The number of nitrogens with zero attached hydrogens (tertiary/aromatic N) is 1. The lowest BCUT2D eigenvalue weighted by atomic mass is 10.1. The van der Waals surface area contributed by atoms with Crippen LogP contribution in [-0.2, 0) is 20.8 Å². The molecule has 0 unspecified atom stereocenters. The lowest BCUT2D eigenvalue weighted by Crippen LogP contribution is -2.54. The van der Waals surface area contributed by atoms with Gasteiger partial charge in [0.15, 0.2) is 23.2 Å². The van der Waals surface area contributed by atoms with Gasteiger partial charge in [-0.25, -0.2) is 0 Å². The highest BCUT2D eigenvalue weighted by Crippen LogP contribution is 2.30. The molecule has 0 radical (unpaired) electrons. The molecule has 0 spiro atoms. The molecule has 31 heavy (non-hydrogen) atoms. The fourth-order valence-electron chi connectivity index (χ4n) is 2.98. The van der Waals surface area contributed by atoms with E-state index in [4.69, 9.17) is 27.4 Å². The van der Waals surface area contributed by atoms with Crippen molar-refractivity contribution in [2.75, 3.05) is 18.6 Å². The molecule has 2 aromatic rings. The molecule has 0 atom stereocenters. The molecule has 1 saturated heterocycles. The van der Waals surface area contributed by atoms with E-state index in [1.807, 2.05) is 19.1 Å². The summed E-state index contributed by atoms with van der Waals surface area (Å²) in [5.41, 5.74) is 7.21. The molecule has 160 valence electrons. The normalized spacial score (nSPS) is 15.1. The Balaban J connectivity index is 1.92. The van der Waals surface area contributed by atoms with Crippen molar-refractivity contribution in [2.45, 2.75) is 13.3 Å². The lowest BCUT2D eigenvalue weighted by molar-refractivity contribution is -0.122. The monoisotopic (exact) mass is 439 g/mol. The number of carbonyl (C=O) groups excluding carboxylic acids is 3. The smallest absolute Gasteiger partial charge is 0.270 e. The molecule has 9 heteroatoms. The van der Waals surface area contributed by atoms with Gasteiger partial charge in [-0.05, 0) is 60.1 Å². The molecule has 1 aliphatic heterocycles. The zero-order valence-corrected chi connectivity index (χ0v) is 17.8. The largest absolute Gasteiger partial charge is 0.493 e. The third-order valence-electron chi connectivity index (χ3n) is 4.57. The Bertz CT molecular complexity index is 1080. The average Bonchev–Trinajstić information content (AvgIpc) is 2.75. The molecule has 3 N–H and O–H groups in total. The van der Waals surface area contributed by atoms with Crippen LogP contribution in [0.25, 0.3) is 6.08 Å². The molecule has 0 aromatic heterocycles. The van der Waals surface area contributed by atoms with Crippen molar-refractivity contribution >= 4 is 46.8 Å². The van der Waals surface area contributed by atoms with Gasteiger partial charge in [0.25, 0.3) is 17.7 Å². The summed E-state index contributed by atoms with van der Waals surface area (Å²) in [5.74, 6) is -1.13. The maximum Gasteiger partial charge on any atom is 0.270 e. The number of primary amides is 1. The molecular weight excluding hydrogens is 418 g/mol. The first-order valence-corrected chi connectivity index (χ1v) is 9.84. The van der Waals surface area contributed by atoms with Crippen molar-refractivity contribution in [1.82, 2.24) is 5.32 Å². The van der Waals surface area contributed by atoms with Crippen molar-refractivity contribution in [3.05, 3.63) is 59.2 Å². The number of amides is 3. The van der Waals surface area contributed by atoms with Crippen molar-refractivity contribution in [3.63, 3.8) is 0 Å². The molecule has 8 nitrogen and oxygen atoms in total. The van der Waals surface area contributed by atoms with E-state index in [2.05, 4.69) is 5.32 Å². The number of methoxy groups -OCH3 is 1. The van der Waals surface area contributed by atoms with Gasteiger partial charge in [-0.1, -0.05) is 25.1 Å². The summed E-state index contributed by atoms with van der Waals surface area (Å²) in [6.07, 6.45) is 2.30. The summed E-state index contributed by atoms with van der Waals surface area (Å²) in [5, 5.41) is 2.57. The molecule has 1 aliphatic rings. The second kappa shape index (κ2) is 9.40. The number of hydrogen-bond donors (Lipinski definition) is 2. The van der Waals surface area contributed by atoms with Gasteiger partial charge in [0, 0.05) is 0 Å². The predicted molar refractivity (Wildman–Crippen MR) is 120 cm³/mol. The summed E-state index contributed by atoms with van der Waals surface area (Å²) in [4.78, 5) is 37.8. The average molecular weight is 439 g/mol. The third-order valence-corrected chi connectivity index (χ3v) is 4.86. The second-order valence-electron chi connectivity index (χ2n) is 6.64.